The fourth-order valence-corrected chi connectivity index (χ4v) is 1.73. The smallest absolute Gasteiger partial charge is 0.153 e. The van der Waals surface area contributed by atoms with E-state index < -0.39 is 0 Å². The summed E-state index contributed by atoms with van der Waals surface area (Å²) in [6.45, 7) is 4.56. The van der Waals surface area contributed by atoms with Crippen LogP contribution in [0.4, 0.5) is 5.69 Å². The Morgan fingerprint density at radius 1 is 1.06 bits per heavy atom. The van der Waals surface area contributed by atoms with Gasteiger partial charge in [-0.05, 0) is 37.6 Å². The zero-order chi connectivity index (χ0) is 13.0. The summed E-state index contributed by atoms with van der Waals surface area (Å²) in [6.07, 6.45) is 0. The summed E-state index contributed by atoms with van der Waals surface area (Å²) in [5.41, 5.74) is 7.56. The highest BCUT2D eigenvalue weighted by Crippen LogP contribution is 2.32. The van der Waals surface area contributed by atoms with Crippen LogP contribution < -0.4 is 15.2 Å². The maximum absolute atomic E-state index is 5.91. The summed E-state index contributed by atoms with van der Waals surface area (Å²) >= 11 is 0. The lowest BCUT2D eigenvalue weighted by Crippen LogP contribution is -1.95. The van der Waals surface area contributed by atoms with Crippen molar-refractivity contribution < 1.29 is 9.47 Å². The molecule has 0 bridgehead atoms. The van der Waals surface area contributed by atoms with E-state index in [4.69, 9.17) is 15.2 Å². The Kier molecular flexibility index (Phi) is 3.72. The van der Waals surface area contributed by atoms with Gasteiger partial charge in [0.05, 0.1) is 12.3 Å². The first-order chi connectivity index (χ1) is 8.70. The molecule has 0 aromatic heterocycles. The standard InChI is InChI=1S/C15H17NO2/c1-3-17-12-7-5-8-13(10-12)18-15-11(2)6-4-9-14(15)16/h4-10H,3,16H2,1-2H3. The van der Waals surface area contributed by atoms with Gasteiger partial charge < -0.3 is 15.2 Å². The number of nitrogens with two attached hydrogens (primary N) is 1. The third kappa shape index (κ3) is 2.74. The lowest BCUT2D eigenvalue weighted by molar-refractivity contribution is 0.338. The van der Waals surface area contributed by atoms with E-state index in [1.165, 1.54) is 0 Å². The van der Waals surface area contributed by atoms with Crippen LogP contribution in [0.3, 0.4) is 0 Å². The first-order valence-corrected chi connectivity index (χ1v) is 5.96. The second kappa shape index (κ2) is 5.45. The summed E-state index contributed by atoms with van der Waals surface area (Å²) in [4.78, 5) is 0. The molecule has 0 aliphatic carbocycles. The van der Waals surface area contributed by atoms with Gasteiger partial charge in [0, 0.05) is 6.07 Å². The fraction of sp³-hybridized carbons (Fsp3) is 0.200. The van der Waals surface area contributed by atoms with Gasteiger partial charge in [0.2, 0.25) is 0 Å². The molecule has 0 atom stereocenters. The van der Waals surface area contributed by atoms with Crippen LogP contribution in [0.1, 0.15) is 12.5 Å². The van der Waals surface area contributed by atoms with E-state index in [9.17, 15) is 0 Å². The average Bonchev–Trinajstić information content (AvgIpc) is 2.35. The van der Waals surface area contributed by atoms with Gasteiger partial charge in [-0.2, -0.15) is 0 Å². The number of anilines is 1. The van der Waals surface area contributed by atoms with Crippen LogP contribution in [-0.2, 0) is 0 Å². The van der Waals surface area contributed by atoms with Crippen LogP contribution >= 0.6 is 0 Å². The lowest BCUT2D eigenvalue weighted by atomic mass is 10.2. The molecular weight excluding hydrogens is 226 g/mol. The summed E-state index contributed by atoms with van der Waals surface area (Å²) < 4.78 is 11.3. The molecule has 2 rings (SSSR count). The molecule has 2 aromatic rings. The van der Waals surface area contributed by atoms with Crippen molar-refractivity contribution in [3.63, 3.8) is 0 Å². The molecule has 3 heteroatoms. The minimum atomic E-state index is 0.635. The zero-order valence-corrected chi connectivity index (χ0v) is 10.6. The summed E-state index contributed by atoms with van der Waals surface area (Å²) in [5, 5.41) is 0. The summed E-state index contributed by atoms with van der Waals surface area (Å²) in [7, 11) is 0. The van der Waals surface area contributed by atoms with Gasteiger partial charge in [-0.3, -0.25) is 0 Å². The molecule has 0 aliphatic heterocycles. The van der Waals surface area contributed by atoms with Crippen molar-refractivity contribution in [2.75, 3.05) is 12.3 Å². The van der Waals surface area contributed by atoms with Gasteiger partial charge in [-0.25, -0.2) is 0 Å². The normalized spacial score (nSPS) is 10.1. The molecule has 3 nitrogen and oxygen atoms in total. The predicted molar refractivity (Wildman–Crippen MR) is 73.3 cm³/mol. The van der Waals surface area contributed by atoms with Crippen molar-refractivity contribution in [1.29, 1.82) is 0 Å². The van der Waals surface area contributed by atoms with Crippen molar-refractivity contribution in [2.24, 2.45) is 0 Å². The van der Waals surface area contributed by atoms with Crippen molar-refractivity contribution >= 4 is 5.69 Å². The third-order valence-electron chi connectivity index (χ3n) is 2.58. The predicted octanol–water partition coefficient (Wildman–Crippen LogP) is 3.77. The Hall–Kier alpha value is -2.16. The molecule has 94 valence electrons. The fourth-order valence-electron chi connectivity index (χ4n) is 1.73. The van der Waals surface area contributed by atoms with Crippen LogP contribution in [0.2, 0.25) is 0 Å². The quantitative estimate of drug-likeness (QED) is 0.831. The first-order valence-electron chi connectivity index (χ1n) is 5.96. The molecule has 0 heterocycles. The van der Waals surface area contributed by atoms with Gasteiger partial charge in [-0.1, -0.05) is 18.2 Å². The SMILES string of the molecule is CCOc1cccc(Oc2c(C)cccc2N)c1. The highest BCUT2D eigenvalue weighted by molar-refractivity contribution is 5.58. The minimum Gasteiger partial charge on any atom is -0.494 e. The summed E-state index contributed by atoms with van der Waals surface area (Å²) in [5.74, 6) is 2.22. The first kappa shape index (κ1) is 12.3. The van der Waals surface area contributed by atoms with Crippen molar-refractivity contribution in [1.82, 2.24) is 0 Å². The maximum atomic E-state index is 5.91. The molecule has 18 heavy (non-hydrogen) atoms. The number of benzene rings is 2. The Morgan fingerprint density at radius 2 is 1.78 bits per heavy atom. The van der Waals surface area contributed by atoms with E-state index in [1.807, 2.05) is 56.3 Å². The van der Waals surface area contributed by atoms with Crippen LogP contribution in [0, 0.1) is 6.92 Å². The van der Waals surface area contributed by atoms with Gasteiger partial charge in [0.25, 0.3) is 0 Å². The van der Waals surface area contributed by atoms with E-state index in [0.29, 0.717) is 18.0 Å². The second-order valence-electron chi connectivity index (χ2n) is 4.00. The number of para-hydroxylation sites is 1. The van der Waals surface area contributed by atoms with E-state index in [0.717, 1.165) is 17.1 Å². The van der Waals surface area contributed by atoms with Crippen molar-refractivity contribution in [3.05, 3.63) is 48.0 Å². The highest BCUT2D eigenvalue weighted by Gasteiger charge is 2.06. The Labute approximate surface area is 107 Å². The molecule has 0 saturated carbocycles. The number of ether oxygens (including phenoxy) is 2. The average molecular weight is 243 g/mol. The topological polar surface area (TPSA) is 44.5 Å². The number of hydrogen-bond donors (Lipinski definition) is 1. The van der Waals surface area contributed by atoms with Gasteiger partial charge in [-0.15, -0.1) is 0 Å². The Morgan fingerprint density at radius 3 is 2.50 bits per heavy atom. The lowest BCUT2D eigenvalue weighted by Gasteiger charge is -2.12. The molecule has 2 N–H and O–H groups in total. The molecule has 0 unspecified atom stereocenters. The second-order valence-corrected chi connectivity index (χ2v) is 4.00. The zero-order valence-electron chi connectivity index (χ0n) is 10.6. The monoisotopic (exact) mass is 243 g/mol. The molecule has 0 radical (unpaired) electrons. The number of rotatable bonds is 4. The van der Waals surface area contributed by atoms with Crippen molar-refractivity contribution in [2.45, 2.75) is 13.8 Å². The Bertz CT molecular complexity index is 518. The molecule has 2 aromatic carbocycles. The van der Waals surface area contributed by atoms with Gasteiger partial charge in [0.1, 0.15) is 11.5 Å². The third-order valence-corrected chi connectivity index (χ3v) is 2.58. The van der Waals surface area contributed by atoms with Crippen LogP contribution in [0.25, 0.3) is 0 Å². The summed E-state index contributed by atoms with van der Waals surface area (Å²) in [6, 6.07) is 13.2. The number of aryl methyl sites for hydroxylation is 1. The number of nitrogen functional groups attached to an aromatic ring is 1. The molecule has 0 amide bonds. The van der Waals surface area contributed by atoms with Crippen LogP contribution in [-0.4, -0.2) is 6.61 Å². The molecule has 0 spiro atoms. The van der Waals surface area contributed by atoms with E-state index in [2.05, 4.69) is 0 Å². The van der Waals surface area contributed by atoms with E-state index in [-0.39, 0.29) is 0 Å². The van der Waals surface area contributed by atoms with E-state index in [1.54, 1.807) is 0 Å². The van der Waals surface area contributed by atoms with Crippen LogP contribution in [0.15, 0.2) is 42.5 Å². The Balaban J connectivity index is 2.26. The molecule has 0 aliphatic rings. The number of hydrogen-bond acceptors (Lipinski definition) is 3. The minimum absolute atomic E-state index is 0.635. The van der Waals surface area contributed by atoms with E-state index >= 15 is 0 Å². The van der Waals surface area contributed by atoms with Gasteiger partial charge in [0.15, 0.2) is 5.75 Å². The maximum Gasteiger partial charge on any atom is 0.153 e. The largest absolute Gasteiger partial charge is 0.494 e. The molecule has 0 saturated heterocycles. The van der Waals surface area contributed by atoms with Crippen LogP contribution in [0.5, 0.6) is 17.2 Å². The van der Waals surface area contributed by atoms with Gasteiger partial charge >= 0.3 is 0 Å². The molecular formula is C15H17NO2. The molecule has 0 fully saturated rings. The highest BCUT2D eigenvalue weighted by atomic mass is 16.5. The van der Waals surface area contributed by atoms with Crippen molar-refractivity contribution in [3.8, 4) is 17.2 Å².